The minimum atomic E-state index is -0.683. The topological polar surface area (TPSA) is 40.5 Å². The first-order chi connectivity index (χ1) is 11.1. The van der Waals surface area contributed by atoms with Gasteiger partial charge in [-0.2, -0.15) is 0 Å². The molecule has 1 unspecified atom stereocenters. The minimum Gasteiger partial charge on any atom is -0.393 e. The summed E-state index contributed by atoms with van der Waals surface area (Å²) in [6.07, 6.45) is 5.87. The minimum absolute atomic E-state index is 0.0674. The Morgan fingerprint density at radius 3 is 2.33 bits per heavy atom. The van der Waals surface area contributed by atoms with Crippen molar-refractivity contribution in [3.63, 3.8) is 0 Å². The van der Waals surface area contributed by atoms with Crippen LogP contribution in [0.5, 0.6) is 0 Å². The average Bonchev–Trinajstić information content (AvgIpc) is 2.51. The van der Waals surface area contributed by atoms with Gasteiger partial charge >= 0.3 is 0 Å². The van der Waals surface area contributed by atoms with Crippen molar-refractivity contribution in [1.29, 1.82) is 0 Å². The molecule has 2 N–H and O–H groups in total. The predicted octanol–water partition coefficient (Wildman–Crippen LogP) is 5.14. The highest BCUT2D eigenvalue weighted by molar-refractivity contribution is 9.09. The van der Waals surface area contributed by atoms with Crippen LogP contribution < -0.4 is 0 Å². The Balaban J connectivity index is 2.12. The van der Waals surface area contributed by atoms with Crippen LogP contribution >= 0.6 is 31.9 Å². The van der Waals surface area contributed by atoms with Crippen LogP contribution in [0.3, 0.4) is 0 Å². The summed E-state index contributed by atoms with van der Waals surface area (Å²) in [5, 5.41) is 23.5. The Labute approximate surface area is 164 Å². The van der Waals surface area contributed by atoms with Crippen LogP contribution in [0.1, 0.15) is 66.2 Å². The molecule has 3 saturated carbocycles. The molecule has 3 aliphatic rings. The number of hydrogen-bond donors (Lipinski definition) is 2. The SMILES string of the molecule is CC(C)C1CC[C@H](O)[C@H]2[C@H]3[C@](C)(CC[C@]12CBr)[C@@H](Br)CC[C@@]3(C)O. The highest BCUT2D eigenvalue weighted by Crippen LogP contribution is 2.68. The largest absolute Gasteiger partial charge is 0.393 e. The van der Waals surface area contributed by atoms with E-state index in [1.54, 1.807) is 0 Å². The Morgan fingerprint density at radius 1 is 1.08 bits per heavy atom. The zero-order chi connectivity index (χ0) is 17.9. The molecule has 0 aromatic heterocycles. The third kappa shape index (κ3) is 2.68. The highest BCUT2D eigenvalue weighted by Gasteiger charge is 2.66. The summed E-state index contributed by atoms with van der Waals surface area (Å²) in [6, 6.07) is 0. The normalized spacial score (nSPS) is 55.1. The van der Waals surface area contributed by atoms with Crippen LogP contribution in [0.15, 0.2) is 0 Å². The number of fused-ring (bicyclic) bond motifs is 3. The Morgan fingerprint density at radius 2 is 1.75 bits per heavy atom. The van der Waals surface area contributed by atoms with Crippen molar-refractivity contribution in [2.45, 2.75) is 82.8 Å². The van der Waals surface area contributed by atoms with Crippen molar-refractivity contribution in [3.8, 4) is 0 Å². The van der Waals surface area contributed by atoms with Crippen molar-refractivity contribution in [3.05, 3.63) is 0 Å². The lowest BCUT2D eigenvalue weighted by atomic mass is 9.40. The van der Waals surface area contributed by atoms with Gasteiger partial charge < -0.3 is 10.2 Å². The third-order valence-corrected chi connectivity index (χ3v) is 10.7. The molecule has 0 amide bonds. The van der Waals surface area contributed by atoms with Crippen molar-refractivity contribution in [2.75, 3.05) is 5.33 Å². The summed E-state index contributed by atoms with van der Waals surface area (Å²) in [7, 11) is 0. The van der Waals surface area contributed by atoms with Crippen LogP contribution in [0, 0.1) is 34.5 Å². The van der Waals surface area contributed by atoms with Gasteiger partial charge in [0, 0.05) is 10.2 Å². The van der Waals surface area contributed by atoms with Crippen molar-refractivity contribution in [1.82, 2.24) is 0 Å². The summed E-state index contributed by atoms with van der Waals surface area (Å²) in [6.45, 7) is 9.06. The molecule has 0 saturated heterocycles. The van der Waals surface area contributed by atoms with E-state index < -0.39 is 5.60 Å². The van der Waals surface area contributed by atoms with Gasteiger partial charge in [-0.1, -0.05) is 52.6 Å². The Bertz CT molecular complexity index is 480. The molecule has 24 heavy (non-hydrogen) atoms. The lowest BCUT2D eigenvalue weighted by Crippen LogP contribution is -2.67. The van der Waals surface area contributed by atoms with E-state index in [4.69, 9.17) is 0 Å². The van der Waals surface area contributed by atoms with E-state index in [-0.39, 0.29) is 28.8 Å². The number of aliphatic hydroxyl groups is 2. The van der Waals surface area contributed by atoms with Gasteiger partial charge in [0.1, 0.15) is 0 Å². The number of hydrogen-bond acceptors (Lipinski definition) is 2. The smallest absolute Gasteiger partial charge is 0.0657 e. The molecular formula is C20H34Br2O2. The van der Waals surface area contributed by atoms with E-state index in [1.165, 1.54) is 0 Å². The average molecular weight is 466 g/mol. The predicted molar refractivity (Wildman–Crippen MR) is 107 cm³/mol. The third-order valence-electron chi connectivity index (χ3n) is 8.13. The molecule has 3 rings (SSSR count). The van der Waals surface area contributed by atoms with Gasteiger partial charge in [0.15, 0.2) is 0 Å². The summed E-state index contributed by atoms with van der Waals surface area (Å²) in [4.78, 5) is 0.440. The molecule has 0 bridgehead atoms. The van der Waals surface area contributed by atoms with Crippen LogP contribution in [0.25, 0.3) is 0 Å². The molecule has 0 aromatic carbocycles. The zero-order valence-electron chi connectivity index (χ0n) is 15.6. The lowest BCUT2D eigenvalue weighted by molar-refractivity contribution is -0.222. The van der Waals surface area contributed by atoms with Crippen LogP contribution in [0.2, 0.25) is 0 Å². The van der Waals surface area contributed by atoms with Gasteiger partial charge in [-0.3, -0.25) is 0 Å². The zero-order valence-corrected chi connectivity index (χ0v) is 18.7. The quantitative estimate of drug-likeness (QED) is 0.554. The molecule has 0 heterocycles. The van der Waals surface area contributed by atoms with E-state index in [2.05, 4.69) is 52.6 Å². The van der Waals surface area contributed by atoms with Gasteiger partial charge in [-0.15, -0.1) is 0 Å². The lowest BCUT2D eigenvalue weighted by Gasteiger charge is -2.67. The van der Waals surface area contributed by atoms with Gasteiger partial charge in [0.2, 0.25) is 0 Å². The first kappa shape index (κ1) is 19.6. The maximum Gasteiger partial charge on any atom is 0.0657 e. The van der Waals surface area contributed by atoms with Gasteiger partial charge in [-0.25, -0.2) is 0 Å². The Hall–Kier alpha value is 0.880. The number of halogens is 2. The van der Waals surface area contributed by atoms with E-state index in [0.717, 1.165) is 43.9 Å². The first-order valence-corrected chi connectivity index (χ1v) is 11.7. The van der Waals surface area contributed by atoms with Crippen molar-refractivity contribution >= 4 is 31.9 Å². The standard InChI is InChI=1S/C20H34Br2O2/c1-12(2)13-5-6-14(23)16-17-18(3,9-10-20(13,16)11-21)15(22)7-8-19(17,4)24/h12-17,23-24H,5-11H2,1-4H3/t13?,14-,15-,16-,17-,18+,19+,20-/m0/s1. The molecule has 2 nitrogen and oxygen atoms in total. The summed E-state index contributed by atoms with van der Waals surface area (Å²) < 4.78 is 0. The molecule has 8 atom stereocenters. The van der Waals surface area contributed by atoms with Crippen molar-refractivity contribution in [2.24, 2.45) is 34.5 Å². The monoisotopic (exact) mass is 464 g/mol. The van der Waals surface area contributed by atoms with Crippen LogP contribution in [0.4, 0.5) is 0 Å². The second kappa shape index (κ2) is 6.49. The van der Waals surface area contributed by atoms with E-state index in [0.29, 0.717) is 16.7 Å². The van der Waals surface area contributed by atoms with Crippen molar-refractivity contribution < 1.29 is 10.2 Å². The summed E-state index contributed by atoms with van der Waals surface area (Å²) >= 11 is 7.82. The van der Waals surface area contributed by atoms with Gasteiger partial charge in [0.05, 0.1) is 11.7 Å². The molecule has 0 aliphatic heterocycles. The molecule has 3 aliphatic carbocycles. The number of rotatable bonds is 2. The molecular weight excluding hydrogens is 432 g/mol. The van der Waals surface area contributed by atoms with E-state index >= 15 is 0 Å². The van der Waals surface area contributed by atoms with Crippen LogP contribution in [-0.2, 0) is 0 Å². The van der Waals surface area contributed by atoms with E-state index in [1.807, 2.05) is 6.92 Å². The maximum atomic E-state index is 11.4. The fourth-order valence-electron chi connectivity index (χ4n) is 7.03. The second-order valence-corrected chi connectivity index (χ2v) is 11.4. The molecule has 0 aromatic rings. The summed E-state index contributed by atoms with van der Waals surface area (Å²) in [5.74, 6) is 1.59. The van der Waals surface area contributed by atoms with Gasteiger partial charge in [0.25, 0.3) is 0 Å². The molecule has 4 heteroatoms. The molecule has 140 valence electrons. The fraction of sp³-hybridized carbons (Fsp3) is 1.00. The van der Waals surface area contributed by atoms with E-state index in [9.17, 15) is 10.2 Å². The highest BCUT2D eigenvalue weighted by atomic mass is 79.9. The summed E-state index contributed by atoms with van der Waals surface area (Å²) in [5.41, 5.74) is -0.501. The number of alkyl halides is 2. The number of aliphatic hydroxyl groups excluding tert-OH is 1. The molecule has 0 radical (unpaired) electrons. The maximum absolute atomic E-state index is 11.4. The first-order valence-electron chi connectivity index (χ1n) is 9.70. The second-order valence-electron chi connectivity index (χ2n) is 9.73. The molecule has 0 spiro atoms. The van der Waals surface area contributed by atoms with Crippen LogP contribution in [-0.4, -0.2) is 32.1 Å². The molecule has 3 fully saturated rings. The fourth-order valence-corrected chi connectivity index (χ4v) is 8.84. The Kier molecular flexibility index (Phi) is 5.31. The van der Waals surface area contributed by atoms with Gasteiger partial charge in [-0.05, 0) is 80.0 Å².